The maximum Gasteiger partial charge on any atom is 0.227 e. The van der Waals surface area contributed by atoms with Gasteiger partial charge in [0.25, 0.3) is 0 Å². The van der Waals surface area contributed by atoms with Crippen LogP contribution in [0.4, 0.5) is 4.39 Å². The highest BCUT2D eigenvalue weighted by Gasteiger charge is 2.25. The van der Waals surface area contributed by atoms with Gasteiger partial charge < -0.3 is 10.6 Å². The minimum Gasteiger partial charge on any atom is -0.338 e. The van der Waals surface area contributed by atoms with Crippen molar-refractivity contribution in [3.63, 3.8) is 0 Å². The second kappa shape index (κ2) is 5.96. The summed E-state index contributed by atoms with van der Waals surface area (Å²) >= 11 is 0. The Morgan fingerprint density at radius 2 is 2.06 bits per heavy atom. The molecule has 0 bridgehead atoms. The normalized spacial score (nSPS) is 19.9. The average Bonchev–Trinajstić information content (AvgIpc) is 2.41. The van der Waals surface area contributed by atoms with Crippen molar-refractivity contribution in [2.45, 2.75) is 31.7 Å². The van der Waals surface area contributed by atoms with E-state index in [9.17, 15) is 9.18 Å². The summed E-state index contributed by atoms with van der Waals surface area (Å²) < 4.78 is 12.8. The molecule has 1 aromatic rings. The van der Waals surface area contributed by atoms with E-state index >= 15 is 0 Å². The van der Waals surface area contributed by atoms with E-state index in [0.717, 1.165) is 31.4 Å². The van der Waals surface area contributed by atoms with Crippen LogP contribution in [0, 0.1) is 5.82 Å². The monoisotopic (exact) mass is 250 g/mol. The third kappa shape index (κ3) is 3.07. The standard InChI is InChI=1S/C14H19FN2O/c15-12-6-4-11(5-7-12)9-14(18)17-8-2-1-3-13(17)10-16/h4-7,13H,1-3,8-10,16H2. The molecule has 1 heterocycles. The Labute approximate surface area is 107 Å². The Bertz CT molecular complexity index is 405. The minimum atomic E-state index is -0.274. The highest BCUT2D eigenvalue weighted by molar-refractivity contribution is 5.79. The zero-order chi connectivity index (χ0) is 13.0. The third-order valence-electron chi connectivity index (χ3n) is 3.49. The van der Waals surface area contributed by atoms with E-state index in [1.165, 1.54) is 12.1 Å². The van der Waals surface area contributed by atoms with E-state index in [1.807, 2.05) is 4.90 Å². The van der Waals surface area contributed by atoms with Gasteiger partial charge in [-0.05, 0) is 37.0 Å². The van der Waals surface area contributed by atoms with E-state index in [1.54, 1.807) is 12.1 Å². The molecule has 1 amide bonds. The summed E-state index contributed by atoms with van der Waals surface area (Å²) in [6, 6.07) is 6.27. The van der Waals surface area contributed by atoms with Gasteiger partial charge in [-0.25, -0.2) is 4.39 Å². The second-order valence-electron chi connectivity index (χ2n) is 4.78. The van der Waals surface area contributed by atoms with Crippen molar-refractivity contribution >= 4 is 5.91 Å². The Morgan fingerprint density at radius 3 is 2.72 bits per heavy atom. The van der Waals surface area contributed by atoms with Gasteiger partial charge in [0.05, 0.1) is 6.42 Å². The van der Waals surface area contributed by atoms with Crippen LogP contribution in [0.3, 0.4) is 0 Å². The maximum absolute atomic E-state index is 12.8. The number of nitrogens with zero attached hydrogens (tertiary/aromatic N) is 1. The summed E-state index contributed by atoms with van der Waals surface area (Å²) in [7, 11) is 0. The summed E-state index contributed by atoms with van der Waals surface area (Å²) in [6.45, 7) is 1.32. The van der Waals surface area contributed by atoms with Crippen molar-refractivity contribution in [3.8, 4) is 0 Å². The van der Waals surface area contributed by atoms with Crippen molar-refractivity contribution in [3.05, 3.63) is 35.6 Å². The second-order valence-corrected chi connectivity index (χ2v) is 4.78. The molecule has 0 aromatic heterocycles. The lowest BCUT2D eigenvalue weighted by Gasteiger charge is -2.35. The van der Waals surface area contributed by atoms with Gasteiger partial charge in [0.1, 0.15) is 5.82 Å². The zero-order valence-corrected chi connectivity index (χ0v) is 10.4. The van der Waals surface area contributed by atoms with Crippen LogP contribution in [-0.2, 0) is 11.2 Å². The van der Waals surface area contributed by atoms with Gasteiger partial charge in [-0.15, -0.1) is 0 Å². The van der Waals surface area contributed by atoms with E-state index in [0.29, 0.717) is 13.0 Å². The predicted molar refractivity (Wildman–Crippen MR) is 68.5 cm³/mol. The number of likely N-dealkylation sites (tertiary alicyclic amines) is 1. The van der Waals surface area contributed by atoms with E-state index in [4.69, 9.17) is 5.73 Å². The van der Waals surface area contributed by atoms with E-state index < -0.39 is 0 Å². The number of hydrogen-bond donors (Lipinski definition) is 1. The predicted octanol–water partition coefficient (Wildman–Crippen LogP) is 1.71. The Morgan fingerprint density at radius 1 is 1.33 bits per heavy atom. The average molecular weight is 250 g/mol. The molecule has 0 aliphatic carbocycles. The summed E-state index contributed by atoms with van der Waals surface area (Å²) in [6.07, 6.45) is 3.51. The van der Waals surface area contributed by atoms with E-state index in [-0.39, 0.29) is 17.8 Å². The Kier molecular flexibility index (Phi) is 4.31. The van der Waals surface area contributed by atoms with Crippen LogP contribution in [0.1, 0.15) is 24.8 Å². The topological polar surface area (TPSA) is 46.3 Å². The SMILES string of the molecule is NCC1CCCCN1C(=O)Cc1ccc(F)cc1. The largest absolute Gasteiger partial charge is 0.338 e. The number of amides is 1. The first-order chi connectivity index (χ1) is 8.70. The first-order valence-electron chi connectivity index (χ1n) is 6.44. The van der Waals surface area contributed by atoms with Crippen LogP contribution >= 0.6 is 0 Å². The molecule has 0 spiro atoms. The molecule has 2 N–H and O–H groups in total. The maximum atomic E-state index is 12.8. The number of carbonyl (C=O) groups excluding carboxylic acids is 1. The number of carbonyl (C=O) groups is 1. The highest BCUT2D eigenvalue weighted by atomic mass is 19.1. The molecule has 1 atom stereocenters. The zero-order valence-electron chi connectivity index (χ0n) is 10.4. The molecule has 1 saturated heterocycles. The minimum absolute atomic E-state index is 0.0942. The number of nitrogens with two attached hydrogens (primary N) is 1. The van der Waals surface area contributed by atoms with Gasteiger partial charge in [-0.2, -0.15) is 0 Å². The molecular weight excluding hydrogens is 231 g/mol. The molecule has 4 heteroatoms. The van der Waals surface area contributed by atoms with Crippen LogP contribution < -0.4 is 5.73 Å². The molecular formula is C14H19FN2O. The fourth-order valence-electron chi connectivity index (χ4n) is 2.45. The van der Waals surface area contributed by atoms with Crippen LogP contribution in [0.15, 0.2) is 24.3 Å². The van der Waals surface area contributed by atoms with Crippen LogP contribution in [0.5, 0.6) is 0 Å². The van der Waals surface area contributed by atoms with Crippen LogP contribution in [0.25, 0.3) is 0 Å². The molecule has 1 aromatic carbocycles. The van der Waals surface area contributed by atoms with Crippen LogP contribution in [-0.4, -0.2) is 29.9 Å². The molecule has 1 aliphatic heterocycles. The Hall–Kier alpha value is -1.42. The number of piperidine rings is 1. The van der Waals surface area contributed by atoms with Crippen molar-refractivity contribution in [2.24, 2.45) is 5.73 Å². The summed E-state index contributed by atoms with van der Waals surface area (Å²) in [4.78, 5) is 14.1. The van der Waals surface area contributed by atoms with Crippen molar-refractivity contribution in [2.75, 3.05) is 13.1 Å². The molecule has 3 nitrogen and oxygen atoms in total. The van der Waals surface area contributed by atoms with Gasteiger partial charge in [0, 0.05) is 19.1 Å². The van der Waals surface area contributed by atoms with Crippen molar-refractivity contribution in [1.29, 1.82) is 0 Å². The van der Waals surface area contributed by atoms with Crippen LogP contribution in [0.2, 0.25) is 0 Å². The summed E-state index contributed by atoms with van der Waals surface area (Å²) in [5.41, 5.74) is 6.55. The number of hydrogen-bond acceptors (Lipinski definition) is 2. The van der Waals surface area contributed by atoms with Crippen molar-refractivity contribution < 1.29 is 9.18 Å². The smallest absolute Gasteiger partial charge is 0.227 e. The van der Waals surface area contributed by atoms with Gasteiger partial charge in [0.15, 0.2) is 0 Å². The Balaban J connectivity index is 2.00. The summed E-state index contributed by atoms with van der Waals surface area (Å²) in [5.74, 6) is -0.180. The number of halogens is 1. The number of benzene rings is 1. The summed E-state index contributed by atoms with van der Waals surface area (Å²) in [5, 5.41) is 0. The van der Waals surface area contributed by atoms with E-state index in [2.05, 4.69) is 0 Å². The van der Waals surface area contributed by atoms with Gasteiger partial charge in [-0.3, -0.25) is 4.79 Å². The van der Waals surface area contributed by atoms with Gasteiger partial charge in [-0.1, -0.05) is 12.1 Å². The quantitative estimate of drug-likeness (QED) is 0.887. The first-order valence-corrected chi connectivity index (χ1v) is 6.44. The lowest BCUT2D eigenvalue weighted by Crippen LogP contribution is -2.48. The molecule has 18 heavy (non-hydrogen) atoms. The molecule has 1 unspecified atom stereocenters. The van der Waals surface area contributed by atoms with Gasteiger partial charge >= 0.3 is 0 Å². The van der Waals surface area contributed by atoms with Gasteiger partial charge in [0.2, 0.25) is 5.91 Å². The number of rotatable bonds is 3. The lowest BCUT2D eigenvalue weighted by atomic mass is 10.0. The highest BCUT2D eigenvalue weighted by Crippen LogP contribution is 2.17. The molecule has 0 saturated carbocycles. The third-order valence-corrected chi connectivity index (χ3v) is 3.49. The molecule has 1 aliphatic rings. The molecule has 2 rings (SSSR count). The van der Waals surface area contributed by atoms with Crippen molar-refractivity contribution in [1.82, 2.24) is 4.90 Å². The lowest BCUT2D eigenvalue weighted by molar-refractivity contribution is -0.133. The fourth-order valence-corrected chi connectivity index (χ4v) is 2.45. The molecule has 0 radical (unpaired) electrons. The molecule has 1 fully saturated rings. The molecule has 98 valence electrons. The first kappa shape index (κ1) is 13.0. The fraction of sp³-hybridized carbons (Fsp3) is 0.500.